The molecule has 1 atom stereocenters. The molecule has 0 unspecified atom stereocenters. The number of hydrogen-bond acceptors (Lipinski definition) is 5. The van der Waals surface area contributed by atoms with Gasteiger partial charge in [-0.15, -0.1) is 0 Å². The van der Waals surface area contributed by atoms with Crippen molar-refractivity contribution in [3.05, 3.63) is 12.0 Å². The first kappa shape index (κ1) is 6.02. The van der Waals surface area contributed by atoms with Crippen molar-refractivity contribution in [3.63, 3.8) is 0 Å². The van der Waals surface area contributed by atoms with Crippen LogP contribution in [0, 0.1) is 0 Å². The van der Waals surface area contributed by atoms with E-state index in [-0.39, 0.29) is 11.8 Å². The number of fused-ring (bicyclic) bond motifs is 1. The zero-order chi connectivity index (χ0) is 7.84. The summed E-state index contributed by atoms with van der Waals surface area (Å²) in [4.78, 5) is 12.2. The van der Waals surface area contributed by atoms with Crippen LogP contribution in [0.4, 0.5) is 0 Å². The maximum Gasteiger partial charge on any atom is 0.252 e. The van der Waals surface area contributed by atoms with Crippen molar-refractivity contribution in [2.75, 3.05) is 0 Å². The second-order valence-electron chi connectivity index (χ2n) is 2.19. The van der Waals surface area contributed by atoms with Crippen LogP contribution >= 0.6 is 0 Å². The number of hydrogen-bond donors (Lipinski definition) is 3. The number of rotatable bonds is 0. The molecule has 6 nitrogen and oxygen atoms in total. The Kier molecular flexibility index (Phi) is 1.03. The number of amides is 1. The van der Waals surface area contributed by atoms with Gasteiger partial charge in [-0.25, -0.2) is 0 Å². The summed E-state index contributed by atoms with van der Waals surface area (Å²) in [6.45, 7) is 0. The minimum atomic E-state index is -0.438. The van der Waals surface area contributed by atoms with Gasteiger partial charge in [0.2, 0.25) is 12.2 Å². The average molecular weight is 154 g/mol. The van der Waals surface area contributed by atoms with Crippen molar-refractivity contribution >= 4 is 12.2 Å². The average Bonchev–Trinajstić information content (AvgIpc) is 2.34. The molecule has 0 aromatic heterocycles. The molecule has 0 radical (unpaired) electrons. The molecule has 0 saturated carbocycles. The van der Waals surface area contributed by atoms with Gasteiger partial charge in [0.25, 0.3) is 5.91 Å². The second-order valence-corrected chi connectivity index (χ2v) is 2.19. The molecule has 6 heteroatoms. The van der Waals surface area contributed by atoms with E-state index >= 15 is 0 Å². The topological polar surface area (TPSA) is 77.0 Å². The van der Waals surface area contributed by atoms with E-state index in [4.69, 9.17) is 5.11 Å². The molecular weight excluding hydrogens is 148 g/mol. The number of nitrogens with one attached hydrogen (secondary N) is 2. The second kappa shape index (κ2) is 1.88. The van der Waals surface area contributed by atoms with Gasteiger partial charge >= 0.3 is 0 Å². The number of aliphatic hydroxyl groups is 1. The molecule has 0 aromatic carbocycles. The minimum Gasteiger partial charge on any atom is -0.494 e. The van der Waals surface area contributed by atoms with E-state index in [0.717, 1.165) is 6.08 Å². The van der Waals surface area contributed by atoms with E-state index in [9.17, 15) is 4.79 Å². The lowest BCUT2D eigenvalue weighted by molar-refractivity contribution is -0.119. The molecule has 0 aromatic rings. The fraction of sp³-hybridized carbons (Fsp3) is 0.200. The quantitative estimate of drug-likeness (QED) is 0.403. The van der Waals surface area contributed by atoms with Gasteiger partial charge in [-0.3, -0.25) is 15.1 Å². The van der Waals surface area contributed by atoms with Gasteiger partial charge < -0.3 is 10.4 Å². The molecule has 3 N–H and O–H groups in total. The van der Waals surface area contributed by atoms with Crippen molar-refractivity contribution in [1.82, 2.24) is 15.6 Å². The van der Waals surface area contributed by atoms with Gasteiger partial charge in [-0.2, -0.15) is 5.10 Å². The van der Waals surface area contributed by atoms with Gasteiger partial charge in [0.1, 0.15) is 6.34 Å². The molecule has 0 saturated heterocycles. The molecule has 1 amide bonds. The Morgan fingerprint density at radius 2 is 2.55 bits per heavy atom. The van der Waals surface area contributed by atoms with Crippen LogP contribution in [0.25, 0.3) is 0 Å². The van der Waals surface area contributed by atoms with Crippen LogP contribution in [0.15, 0.2) is 17.1 Å². The van der Waals surface area contributed by atoms with Crippen LogP contribution in [0.2, 0.25) is 0 Å². The fourth-order valence-corrected chi connectivity index (χ4v) is 0.956. The molecule has 2 aliphatic heterocycles. The Balaban J connectivity index is 2.30. The predicted octanol–water partition coefficient (Wildman–Crippen LogP) is -1.35. The highest BCUT2D eigenvalue weighted by molar-refractivity contribution is 5.90. The smallest absolute Gasteiger partial charge is 0.252 e. The fourth-order valence-electron chi connectivity index (χ4n) is 0.956. The van der Waals surface area contributed by atoms with E-state index in [1.165, 1.54) is 11.2 Å². The molecule has 2 aliphatic rings. The molecule has 2 rings (SSSR count). The van der Waals surface area contributed by atoms with Crippen molar-refractivity contribution in [3.8, 4) is 0 Å². The maximum absolute atomic E-state index is 10.7. The van der Waals surface area contributed by atoms with Crippen LogP contribution in [-0.2, 0) is 4.79 Å². The standard InChI is InChI=1S/C5H6N4O2/c10-3-1-4(11)9-2-6-8-5(9)7-3/h1-2,5,8,11H,(H,7,10)/t5-/m1/s1. The first-order valence-corrected chi connectivity index (χ1v) is 3.05. The summed E-state index contributed by atoms with van der Waals surface area (Å²) in [5.74, 6) is -0.436. The number of nitrogens with zero attached hydrogens (tertiary/aromatic N) is 2. The molecule has 58 valence electrons. The summed E-state index contributed by atoms with van der Waals surface area (Å²) in [5, 5.41) is 15.3. The van der Waals surface area contributed by atoms with Crippen molar-refractivity contribution < 1.29 is 9.90 Å². The summed E-state index contributed by atoms with van der Waals surface area (Å²) in [5.41, 5.74) is 2.58. The lowest BCUT2D eigenvalue weighted by Gasteiger charge is -2.26. The normalized spacial score (nSPS) is 27.3. The van der Waals surface area contributed by atoms with Crippen molar-refractivity contribution in [1.29, 1.82) is 0 Å². The van der Waals surface area contributed by atoms with Crippen LogP contribution in [0.1, 0.15) is 0 Å². The minimum absolute atomic E-state index is 0.104. The SMILES string of the molecule is O=C1C=C(O)N2C=NN[C@H]2N1. The van der Waals surface area contributed by atoms with Gasteiger partial charge in [0, 0.05) is 0 Å². The van der Waals surface area contributed by atoms with E-state index in [2.05, 4.69) is 15.8 Å². The van der Waals surface area contributed by atoms with E-state index in [0.29, 0.717) is 0 Å². The number of hydrazone groups is 1. The third kappa shape index (κ3) is 0.794. The van der Waals surface area contributed by atoms with Crippen LogP contribution in [0.3, 0.4) is 0 Å². The Labute approximate surface area is 62.2 Å². The predicted molar refractivity (Wildman–Crippen MR) is 36.1 cm³/mol. The summed E-state index contributed by atoms with van der Waals surface area (Å²) in [7, 11) is 0. The highest BCUT2D eigenvalue weighted by Gasteiger charge is 2.28. The lowest BCUT2D eigenvalue weighted by atomic mass is 10.4. The van der Waals surface area contributed by atoms with Crippen LogP contribution in [0.5, 0.6) is 0 Å². The molecule has 2 heterocycles. The Bertz CT molecular complexity index is 259. The van der Waals surface area contributed by atoms with Gasteiger partial charge in [-0.1, -0.05) is 0 Å². The highest BCUT2D eigenvalue weighted by Crippen LogP contribution is 2.08. The number of aliphatic hydroxyl groups excluding tert-OH is 1. The molecule has 0 bridgehead atoms. The Morgan fingerprint density at radius 3 is 3.36 bits per heavy atom. The molecule has 0 aliphatic carbocycles. The van der Waals surface area contributed by atoms with Crippen LogP contribution < -0.4 is 10.7 Å². The molecule has 0 fully saturated rings. The Morgan fingerprint density at radius 1 is 1.73 bits per heavy atom. The first-order valence-electron chi connectivity index (χ1n) is 3.05. The third-order valence-corrected chi connectivity index (χ3v) is 1.46. The van der Waals surface area contributed by atoms with E-state index in [1.807, 2.05) is 0 Å². The summed E-state index contributed by atoms with van der Waals surface area (Å²) < 4.78 is 0. The molecule has 0 spiro atoms. The number of carbonyl (C=O) groups is 1. The summed E-state index contributed by atoms with van der Waals surface area (Å²) in [6.07, 6.45) is 2.05. The van der Waals surface area contributed by atoms with Crippen LogP contribution in [-0.4, -0.2) is 28.5 Å². The number of carbonyl (C=O) groups excluding carboxylic acids is 1. The zero-order valence-electron chi connectivity index (χ0n) is 5.48. The lowest BCUT2D eigenvalue weighted by Crippen LogP contribution is -2.53. The molecule has 11 heavy (non-hydrogen) atoms. The van der Waals surface area contributed by atoms with Gasteiger partial charge in [0.05, 0.1) is 6.08 Å². The van der Waals surface area contributed by atoms with Gasteiger partial charge in [-0.05, 0) is 0 Å². The van der Waals surface area contributed by atoms with E-state index in [1.54, 1.807) is 0 Å². The highest BCUT2D eigenvalue weighted by atomic mass is 16.3. The monoisotopic (exact) mass is 154 g/mol. The summed E-state index contributed by atoms with van der Waals surface area (Å²) in [6, 6.07) is 0. The Hall–Kier alpha value is -1.72. The summed E-state index contributed by atoms with van der Waals surface area (Å²) >= 11 is 0. The van der Waals surface area contributed by atoms with Crippen molar-refractivity contribution in [2.24, 2.45) is 5.10 Å². The zero-order valence-corrected chi connectivity index (χ0v) is 5.48. The largest absolute Gasteiger partial charge is 0.494 e. The molecular formula is C5H6N4O2. The van der Waals surface area contributed by atoms with Gasteiger partial charge in [0.15, 0.2) is 0 Å². The van der Waals surface area contributed by atoms with Crippen molar-refractivity contribution in [2.45, 2.75) is 6.29 Å². The maximum atomic E-state index is 10.7. The third-order valence-electron chi connectivity index (χ3n) is 1.46. The first-order chi connectivity index (χ1) is 5.27. The van der Waals surface area contributed by atoms with E-state index < -0.39 is 6.29 Å².